The number of nitrogens with zero attached hydrogens (tertiary/aromatic N) is 2. The van der Waals surface area contributed by atoms with Crippen molar-refractivity contribution in [3.8, 4) is 0 Å². The van der Waals surface area contributed by atoms with Gasteiger partial charge in [0.15, 0.2) is 0 Å². The first kappa shape index (κ1) is 39.2. The van der Waals surface area contributed by atoms with E-state index in [0.717, 1.165) is 19.5 Å². The van der Waals surface area contributed by atoms with Crippen LogP contribution in [-0.2, 0) is 13.1 Å². The zero-order valence-electron chi connectivity index (χ0n) is 29.0. The minimum Gasteiger partial charge on any atom is -0.389 e. The van der Waals surface area contributed by atoms with Gasteiger partial charge in [0.1, 0.15) is 18.9 Å². The summed E-state index contributed by atoms with van der Waals surface area (Å²) in [5.41, 5.74) is 0. The number of aliphatic hydroxyl groups is 1. The van der Waals surface area contributed by atoms with Crippen LogP contribution in [0.1, 0.15) is 213 Å². The average Bonchev–Trinajstić information content (AvgIpc) is 3.43. The Morgan fingerprint density at radius 3 is 1.19 bits per heavy atom. The second kappa shape index (κ2) is 31.6. The molecule has 0 fully saturated rings. The number of hydrogen-bond donors (Lipinski definition) is 1. The largest absolute Gasteiger partial charge is 0.389 e. The molecule has 1 aromatic heterocycles. The van der Waals surface area contributed by atoms with Crippen molar-refractivity contribution >= 4 is 0 Å². The third-order valence-corrected chi connectivity index (χ3v) is 9.33. The molecule has 0 saturated carbocycles. The van der Waals surface area contributed by atoms with Gasteiger partial charge in [-0.15, -0.1) is 0 Å². The lowest BCUT2D eigenvalue weighted by Gasteiger charge is -2.08. The van der Waals surface area contributed by atoms with Gasteiger partial charge in [-0.3, -0.25) is 0 Å². The summed E-state index contributed by atoms with van der Waals surface area (Å²) in [6.07, 6.45) is 49.4. The monoisotopic (exact) mass is 590 g/mol. The molecule has 1 heterocycles. The van der Waals surface area contributed by atoms with Gasteiger partial charge in [0.2, 0.25) is 6.33 Å². The van der Waals surface area contributed by atoms with Gasteiger partial charge in [0.05, 0.1) is 12.6 Å². The Morgan fingerprint density at radius 2 is 0.810 bits per heavy atom. The van der Waals surface area contributed by atoms with Crippen LogP contribution in [0.4, 0.5) is 0 Å². The van der Waals surface area contributed by atoms with E-state index in [1.54, 1.807) is 0 Å². The summed E-state index contributed by atoms with van der Waals surface area (Å²) in [6.45, 7) is 6.45. The lowest BCUT2D eigenvalue weighted by Crippen LogP contribution is -2.38. The van der Waals surface area contributed by atoms with Gasteiger partial charge in [-0.1, -0.05) is 194 Å². The molecule has 1 N–H and O–H groups in total. The molecule has 42 heavy (non-hydrogen) atoms. The number of hydrogen-bond acceptors (Lipinski definition) is 1. The molecule has 1 rings (SSSR count). The zero-order chi connectivity index (χ0) is 30.2. The first-order valence-electron chi connectivity index (χ1n) is 19.5. The molecule has 3 nitrogen and oxygen atoms in total. The van der Waals surface area contributed by atoms with Crippen molar-refractivity contribution < 1.29 is 9.67 Å². The van der Waals surface area contributed by atoms with Crippen LogP contribution in [0.3, 0.4) is 0 Å². The molecule has 0 spiro atoms. The Morgan fingerprint density at radius 1 is 0.476 bits per heavy atom. The number of rotatable bonds is 34. The maximum atomic E-state index is 10.5. The zero-order valence-corrected chi connectivity index (χ0v) is 29.0. The summed E-state index contributed by atoms with van der Waals surface area (Å²) in [7, 11) is 0. The molecule has 0 saturated heterocycles. The number of imidazole rings is 1. The van der Waals surface area contributed by atoms with Gasteiger partial charge in [0.25, 0.3) is 0 Å². The molecule has 0 amide bonds. The summed E-state index contributed by atoms with van der Waals surface area (Å²) in [5, 5.41) is 10.5. The van der Waals surface area contributed by atoms with Crippen molar-refractivity contribution in [2.75, 3.05) is 0 Å². The fourth-order valence-electron chi connectivity index (χ4n) is 6.43. The van der Waals surface area contributed by atoms with Crippen LogP contribution in [0.2, 0.25) is 0 Å². The number of aromatic nitrogens is 2. The van der Waals surface area contributed by atoms with E-state index in [0.29, 0.717) is 0 Å². The summed E-state index contributed by atoms with van der Waals surface area (Å²) in [6, 6.07) is 0. The van der Waals surface area contributed by atoms with Gasteiger partial charge < -0.3 is 5.11 Å². The molecular formula is C39H77N2O+. The van der Waals surface area contributed by atoms with Crippen LogP contribution in [0.5, 0.6) is 0 Å². The first-order valence-corrected chi connectivity index (χ1v) is 19.5. The van der Waals surface area contributed by atoms with E-state index in [1.807, 2.05) is 0 Å². The topological polar surface area (TPSA) is 29.0 Å². The van der Waals surface area contributed by atoms with Crippen molar-refractivity contribution in [3.05, 3.63) is 18.7 Å². The summed E-state index contributed by atoms with van der Waals surface area (Å²) < 4.78 is 4.49. The molecule has 0 radical (unpaired) electrons. The van der Waals surface area contributed by atoms with Crippen LogP contribution in [0.15, 0.2) is 18.7 Å². The van der Waals surface area contributed by atoms with Gasteiger partial charge in [0, 0.05) is 0 Å². The maximum Gasteiger partial charge on any atom is 0.243 e. The van der Waals surface area contributed by atoms with Gasteiger partial charge in [-0.05, 0) is 19.3 Å². The van der Waals surface area contributed by atoms with E-state index < -0.39 is 0 Å². The van der Waals surface area contributed by atoms with Crippen molar-refractivity contribution in [2.24, 2.45) is 0 Å². The molecule has 0 aliphatic carbocycles. The summed E-state index contributed by atoms with van der Waals surface area (Å²) in [4.78, 5) is 0. The van der Waals surface area contributed by atoms with Crippen molar-refractivity contribution in [1.82, 2.24) is 4.57 Å². The predicted octanol–water partition coefficient (Wildman–Crippen LogP) is 12.3. The molecule has 0 bridgehead atoms. The molecule has 248 valence electrons. The van der Waals surface area contributed by atoms with E-state index in [1.165, 1.54) is 193 Å². The Hall–Kier alpha value is -0.830. The van der Waals surface area contributed by atoms with Crippen molar-refractivity contribution in [2.45, 2.75) is 232 Å². The Kier molecular flexibility index (Phi) is 29.5. The maximum absolute atomic E-state index is 10.5. The predicted molar refractivity (Wildman–Crippen MR) is 185 cm³/mol. The highest BCUT2D eigenvalue weighted by molar-refractivity contribution is 4.67. The highest BCUT2D eigenvalue weighted by atomic mass is 16.3. The van der Waals surface area contributed by atoms with E-state index in [9.17, 15) is 5.11 Å². The Balaban J connectivity index is 1.85. The minimum absolute atomic E-state index is 0.210. The fraction of sp³-hybridized carbons (Fsp3) is 0.923. The molecule has 1 atom stereocenters. The van der Waals surface area contributed by atoms with Crippen LogP contribution in [-0.4, -0.2) is 15.8 Å². The number of aliphatic hydroxyl groups excluding tert-OH is 1. The van der Waals surface area contributed by atoms with Crippen LogP contribution >= 0.6 is 0 Å². The Labute approximate surface area is 264 Å². The highest BCUT2D eigenvalue weighted by Crippen LogP contribution is 2.15. The smallest absolute Gasteiger partial charge is 0.243 e. The fourth-order valence-corrected chi connectivity index (χ4v) is 6.43. The average molecular weight is 590 g/mol. The van der Waals surface area contributed by atoms with Gasteiger partial charge in [-0.2, -0.15) is 0 Å². The van der Waals surface area contributed by atoms with Gasteiger partial charge >= 0.3 is 0 Å². The molecule has 0 aromatic carbocycles. The highest BCUT2D eigenvalue weighted by Gasteiger charge is 2.10. The second-order valence-corrected chi connectivity index (χ2v) is 13.7. The second-order valence-electron chi connectivity index (χ2n) is 13.7. The summed E-state index contributed by atoms with van der Waals surface area (Å²) >= 11 is 0. The third kappa shape index (κ3) is 26.8. The SMILES string of the molecule is CCCCCCCCCCCCCCCCCCn1cc[n+](CC(O)CCCCCCCCCCCCCCCC)c1. The van der Waals surface area contributed by atoms with Crippen LogP contribution in [0, 0.1) is 0 Å². The van der Waals surface area contributed by atoms with E-state index >= 15 is 0 Å². The quantitative estimate of drug-likeness (QED) is 0.0628. The molecule has 1 aromatic rings. The molecular weight excluding hydrogens is 512 g/mol. The molecule has 0 aliphatic heterocycles. The molecule has 1 unspecified atom stereocenters. The minimum atomic E-state index is -0.210. The number of unbranched alkanes of at least 4 members (excludes halogenated alkanes) is 28. The first-order chi connectivity index (χ1) is 20.8. The standard InChI is InChI=1S/C39H77N2O/c1-3-5-7-9-11-13-15-17-19-20-22-24-26-28-30-32-34-40-35-36-41(38-40)37-39(42)33-31-29-27-25-23-21-18-16-14-12-10-8-6-4-2/h35-36,38-39,42H,3-34,37H2,1-2H3/q+1. The van der Waals surface area contributed by atoms with Crippen molar-refractivity contribution in [3.63, 3.8) is 0 Å². The van der Waals surface area contributed by atoms with Crippen LogP contribution in [0.25, 0.3) is 0 Å². The van der Waals surface area contributed by atoms with E-state index in [-0.39, 0.29) is 6.10 Å². The lowest BCUT2D eigenvalue weighted by molar-refractivity contribution is -0.703. The summed E-state index contributed by atoms with van der Waals surface area (Å²) in [5.74, 6) is 0. The van der Waals surface area contributed by atoms with Crippen LogP contribution < -0.4 is 4.57 Å². The van der Waals surface area contributed by atoms with Crippen molar-refractivity contribution in [1.29, 1.82) is 0 Å². The normalized spacial score (nSPS) is 12.4. The van der Waals surface area contributed by atoms with Gasteiger partial charge in [-0.25, -0.2) is 9.13 Å². The Bertz CT molecular complexity index is 642. The lowest BCUT2D eigenvalue weighted by atomic mass is 10.0. The molecule has 0 aliphatic rings. The van der Waals surface area contributed by atoms with E-state index in [4.69, 9.17) is 0 Å². The van der Waals surface area contributed by atoms with E-state index in [2.05, 4.69) is 41.7 Å². The third-order valence-electron chi connectivity index (χ3n) is 9.33. The number of aryl methyl sites for hydroxylation is 1. The molecule has 3 heteroatoms.